The van der Waals surface area contributed by atoms with Gasteiger partial charge < -0.3 is 9.63 Å². The fraction of sp³-hybridized carbons (Fsp3) is 0.375. The molecule has 0 aliphatic rings. The van der Waals surface area contributed by atoms with Crippen molar-refractivity contribution in [1.29, 1.82) is 0 Å². The number of nitrogens with one attached hydrogen (secondary N) is 2. The van der Waals surface area contributed by atoms with Crippen molar-refractivity contribution in [1.82, 2.24) is 14.0 Å². The van der Waals surface area contributed by atoms with Crippen LogP contribution in [0.2, 0.25) is 5.02 Å². The minimum atomic E-state index is -1.26. The van der Waals surface area contributed by atoms with Gasteiger partial charge in [-0.25, -0.2) is 0 Å². The number of nitrogens with zero attached hydrogens (tertiary/aromatic N) is 1. The van der Waals surface area contributed by atoms with Crippen molar-refractivity contribution in [2.45, 2.75) is 38.6 Å². The molecular formula is C16H19ClIN3O3. The SMILES string of the molecule is CCCC(NI)C(=O)C(O)NCc1cc(-c2ccc(Cl)cc2)no1. The number of Topliss-reactive ketones (excluding diaryl/α,β-unsaturated/α-hetero) is 1. The van der Waals surface area contributed by atoms with Crippen LogP contribution in [-0.2, 0) is 11.3 Å². The van der Waals surface area contributed by atoms with Crippen molar-refractivity contribution in [2.24, 2.45) is 0 Å². The first-order valence-corrected chi connectivity index (χ1v) is 9.03. The van der Waals surface area contributed by atoms with Crippen molar-refractivity contribution in [2.75, 3.05) is 0 Å². The lowest BCUT2D eigenvalue weighted by Crippen LogP contribution is -2.45. The number of aromatic nitrogens is 1. The number of halogens is 2. The Morgan fingerprint density at radius 3 is 2.75 bits per heavy atom. The molecule has 0 amide bonds. The summed E-state index contributed by atoms with van der Waals surface area (Å²) in [5.41, 5.74) is 1.55. The molecule has 3 N–H and O–H groups in total. The summed E-state index contributed by atoms with van der Waals surface area (Å²) in [6.07, 6.45) is 0.266. The Morgan fingerprint density at radius 1 is 1.42 bits per heavy atom. The van der Waals surface area contributed by atoms with Crippen LogP contribution in [0.25, 0.3) is 11.3 Å². The van der Waals surface area contributed by atoms with Gasteiger partial charge in [0.05, 0.1) is 12.6 Å². The molecule has 2 unspecified atom stereocenters. The Hall–Kier alpha value is -1.00. The molecule has 2 atom stereocenters. The molecule has 2 aromatic rings. The van der Waals surface area contributed by atoms with Crippen molar-refractivity contribution >= 4 is 40.2 Å². The molecule has 0 saturated heterocycles. The molecule has 0 radical (unpaired) electrons. The lowest BCUT2D eigenvalue weighted by molar-refractivity contribution is -0.130. The van der Waals surface area contributed by atoms with Crippen molar-refractivity contribution in [3.8, 4) is 11.3 Å². The van der Waals surface area contributed by atoms with Crippen molar-refractivity contribution < 1.29 is 14.4 Å². The number of aliphatic hydroxyl groups is 1. The molecule has 0 aliphatic heterocycles. The lowest BCUT2D eigenvalue weighted by Gasteiger charge is -2.17. The van der Waals surface area contributed by atoms with Gasteiger partial charge in [0.1, 0.15) is 5.69 Å². The van der Waals surface area contributed by atoms with Crippen LogP contribution in [0.15, 0.2) is 34.9 Å². The minimum Gasteiger partial charge on any atom is -0.371 e. The maximum Gasteiger partial charge on any atom is 0.193 e. The van der Waals surface area contributed by atoms with E-state index in [4.69, 9.17) is 16.1 Å². The largest absolute Gasteiger partial charge is 0.371 e. The Balaban J connectivity index is 1.92. The van der Waals surface area contributed by atoms with E-state index >= 15 is 0 Å². The molecule has 130 valence electrons. The molecular weight excluding hydrogens is 445 g/mol. The summed E-state index contributed by atoms with van der Waals surface area (Å²) in [5.74, 6) is 0.241. The quantitative estimate of drug-likeness (QED) is 0.301. The average Bonchev–Trinajstić information content (AvgIpc) is 3.06. The number of aliphatic hydroxyl groups excluding tert-OH is 1. The highest BCUT2D eigenvalue weighted by Gasteiger charge is 2.23. The average molecular weight is 464 g/mol. The molecule has 0 fully saturated rings. The van der Waals surface area contributed by atoms with E-state index in [-0.39, 0.29) is 18.4 Å². The first-order chi connectivity index (χ1) is 11.5. The molecule has 0 aliphatic carbocycles. The van der Waals surface area contributed by atoms with Gasteiger partial charge in [-0.3, -0.25) is 13.6 Å². The van der Waals surface area contributed by atoms with E-state index in [1.165, 1.54) is 0 Å². The van der Waals surface area contributed by atoms with E-state index in [0.717, 1.165) is 12.0 Å². The normalized spacial score (nSPS) is 13.7. The second-order valence-electron chi connectivity index (χ2n) is 5.32. The molecule has 6 nitrogen and oxygen atoms in total. The maximum atomic E-state index is 12.1. The molecule has 2 rings (SSSR count). The van der Waals surface area contributed by atoms with Crippen LogP contribution >= 0.6 is 34.5 Å². The molecule has 24 heavy (non-hydrogen) atoms. The van der Waals surface area contributed by atoms with E-state index in [9.17, 15) is 9.90 Å². The number of carbonyl (C=O) groups is 1. The molecule has 8 heteroatoms. The van der Waals surface area contributed by atoms with Gasteiger partial charge in [0.2, 0.25) is 0 Å². The smallest absolute Gasteiger partial charge is 0.193 e. The Bertz CT molecular complexity index is 663. The summed E-state index contributed by atoms with van der Waals surface area (Å²) >= 11 is 7.78. The fourth-order valence-corrected chi connectivity index (χ4v) is 2.92. The number of rotatable bonds is 9. The number of benzene rings is 1. The van der Waals surface area contributed by atoms with Crippen LogP contribution in [-0.4, -0.2) is 28.3 Å². The van der Waals surface area contributed by atoms with E-state index < -0.39 is 6.23 Å². The number of carbonyl (C=O) groups excluding carboxylic acids is 1. The molecule has 1 aromatic carbocycles. The van der Waals surface area contributed by atoms with E-state index in [1.807, 2.05) is 41.9 Å². The monoisotopic (exact) mass is 463 g/mol. The van der Waals surface area contributed by atoms with Crippen molar-refractivity contribution in [3.63, 3.8) is 0 Å². The second-order valence-corrected chi connectivity index (χ2v) is 6.38. The Morgan fingerprint density at radius 2 is 2.12 bits per heavy atom. The third-order valence-corrected chi connectivity index (χ3v) is 4.49. The van der Waals surface area contributed by atoms with Gasteiger partial charge in [-0.15, -0.1) is 0 Å². The second kappa shape index (κ2) is 9.47. The van der Waals surface area contributed by atoms with E-state index in [0.29, 0.717) is 22.9 Å². The zero-order chi connectivity index (χ0) is 17.5. The summed E-state index contributed by atoms with van der Waals surface area (Å²) in [6.45, 7) is 2.19. The van der Waals surface area contributed by atoms with Crippen LogP contribution < -0.4 is 8.85 Å². The van der Waals surface area contributed by atoms with Gasteiger partial charge >= 0.3 is 0 Å². The summed E-state index contributed by atoms with van der Waals surface area (Å²) < 4.78 is 8.11. The zero-order valence-electron chi connectivity index (χ0n) is 13.1. The Kier molecular flexibility index (Phi) is 7.63. The highest BCUT2D eigenvalue weighted by molar-refractivity contribution is 14.1. The highest BCUT2D eigenvalue weighted by atomic mass is 127. The van der Waals surface area contributed by atoms with Crippen LogP contribution in [0.4, 0.5) is 0 Å². The predicted octanol–water partition coefficient (Wildman–Crippen LogP) is 3.08. The van der Waals surface area contributed by atoms with Gasteiger partial charge in [-0.1, -0.05) is 42.2 Å². The van der Waals surface area contributed by atoms with Crippen LogP contribution in [0.1, 0.15) is 25.5 Å². The zero-order valence-corrected chi connectivity index (χ0v) is 16.0. The number of hydrogen-bond acceptors (Lipinski definition) is 6. The van der Waals surface area contributed by atoms with Crippen molar-refractivity contribution in [3.05, 3.63) is 41.1 Å². The van der Waals surface area contributed by atoms with Gasteiger partial charge in [0.25, 0.3) is 0 Å². The highest BCUT2D eigenvalue weighted by Crippen LogP contribution is 2.21. The molecule has 0 saturated carbocycles. The maximum absolute atomic E-state index is 12.1. The third-order valence-electron chi connectivity index (χ3n) is 3.49. The summed E-state index contributed by atoms with van der Waals surface area (Å²) in [6, 6.07) is 8.62. The van der Waals surface area contributed by atoms with Gasteiger partial charge in [0, 0.05) is 39.5 Å². The predicted molar refractivity (Wildman–Crippen MR) is 101 cm³/mol. The fourth-order valence-electron chi connectivity index (χ4n) is 2.18. The van der Waals surface area contributed by atoms with Crippen LogP contribution in [0.3, 0.4) is 0 Å². The summed E-state index contributed by atoms with van der Waals surface area (Å²) in [4.78, 5) is 12.1. The summed E-state index contributed by atoms with van der Waals surface area (Å²) in [7, 11) is 0. The molecule has 0 spiro atoms. The minimum absolute atomic E-state index is 0.202. The Labute approximate surface area is 159 Å². The molecule has 1 heterocycles. The van der Waals surface area contributed by atoms with Crippen LogP contribution in [0.5, 0.6) is 0 Å². The lowest BCUT2D eigenvalue weighted by atomic mass is 10.1. The van der Waals surface area contributed by atoms with Gasteiger partial charge in [-0.2, -0.15) is 0 Å². The van der Waals surface area contributed by atoms with E-state index in [1.54, 1.807) is 18.2 Å². The van der Waals surface area contributed by atoms with Crippen LogP contribution in [0, 0.1) is 0 Å². The first-order valence-electron chi connectivity index (χ1n) is 7.58. The van der Waals surface area contributed by atoms with E-state index in [2.05, 4.69) is 14.0 Å². The topological polar surface area (TPSA) is 87.4 Å². The van der Waals surface area contributed by atoms with Gasteiger partial charge in [-0.05, 0) is 18.6 Å². The number of hydrogen-bond donors (Lipinski definition) is 3. The summed E-state index contributed by atoms with van der Waals surface area (Å²) in [5, 5.41) is 17.4. The third kappa shape index (κ3) is 5.25. The van der Waals surface area contributed by atoms with Gasteiger partial charge in [0.15, 0.2) is 17.8 Å². The number of ketones is 1. The standard InChI is InChI=1S/C16H19ClIN3O3/c1-2-3-13(20-18)15(22)16(23)19-9-12-8-14(21-24-12)10-4-6-11(17)7-5-10/h4-8,13,16,19-20,23H,2-3,9H2,1H3. The molecule has 1 aromatic heterocycles. The first kappa shape index (κ1) is 19.3. The molecule has 0 bridgehead atoms.